The van der Waals surface area contributed by atoms with Crippen molar-refractivity contribution in [2.24, 2.45) is 5.10 Å². The van der Waals surface area contributed by atoms with Gasteiger partial charge in [0.15, 0.2) is 0 Å². The lowest BCUT2D eigenvalue weighted by Crippen LogP contribution is -2.06. The second-order valence-electron chi connectivity index (χ2n) is 6.75. The molecule has 3 aromatic carbocycles. The molecule has 3 rings (SSSR count). The Labute approximate surface area is 198 Å². The average molecular weight is 539 g/mol. The zero-order valence-corrected chi connectivity index (χ0v) is 18.5. The second-order valence-corrected chi connectivity index (χ2v) is 7.67. The van der Waals surface area contributed by atoms with E-state index in [4.69, 9.17) is 4.74 Å². The van der Waals surface area contributed by atoms with E-state index in [-0.39, 0.29) is 18.0 Å². The number of non-ortho nitro benzene ring substituents is 1. The predicted octanol–water partition coefficient (Wildman–Crippen LogP) is 6.31. The van der Waals surface area contributed by atoms with Crippen LogP contribution < -0.4 is 10.2 Å². The average Bonchev–Trinajstić information content (AvgIpc) is 2.78. The van der Waals surface area contributed by atoms with Crippen LogP contribution in [0.2, 0.25) is 0 Å². The number of nitrogens with one attached hydrogen (secondary N) is 1. The molecule has 9 nitrogen and oxygen atoms in total. The van der Waals surface area contributed by atoms with Gasteiger partial charge in [-0.2, -0.15) is 18.3 Å². The number of hydrogen-bond acceptors (Lipinski definition) is 7. The Kier molecular flexibility index (Phi) is 7.46. The van der Waals surface area contributed by atoms with Gasteiger partial charge in [0, 0.05) is 28.2 Å². The molecular weight excluding hydrogens is 525 g/mol. The Bertz CT molecular complexity index is 1250. The number of hydrogen-bond donors (Lipinski definition) is 1. The van der Waals surface area contributed by atoms with Crippen molar-refractivity contribution in [3.8, 4) is 5.75 Å². The normalized spacial score (nSPS) is 11.4. The topological polar surface area (TPSA) is 120 Å². The molecule has 0 unspecified atom stereocenters. The molecule has 0 aliphatic carbocycles. The highest BCUT2D eigenvalue weighted by Crippen LogP contribution is 2.35. The van der Waals surface area contributed by atoms with Crippen LogP contribution in [0.15, 0.2) is 70.2 Å². The van der Waals surface area contributed by atoms with E-state index in [0.717, 1.165) is 6.07 Å². The highest BCUT2D eigenvalue weighted by molar-refractivity contribution is 9.10. The number of halogens is 4. The number of benzene rings is 3. The Hall–Kier alpha value is -4.00. The Balaban J connectivity index is 1.77. The van der Waals surface area contributed by atoms with E-state index in [0.29, 0.717) is 33.5 Å². The van der Waals surface area contributed by atoms with E-state index >= 15 is 0 Å². The van der Waals surface area contributed by atoms with Gasteiger partial charge in [-0.1, -0.05) is 15.9 Å². The fourth-order valence-corrected chi connectivity index (χ4v) is 3.13. The van der Waals surface area contributed by atoms with E-state index in [1.54, 1.807) is 30.3 Å². The summed E-state index contributed by atoms with van der Waals surface area (Å²) in [5.41, 5.74) is 1.31. The molecule has 0 aromatic heterocycles. The van der Waals surface area contributed by atoms with E-state index < -0.39 is 27.3 Å². The minimum Gasteiger partial charge on any atom is -0.488 e. The number of hydrazone groups is 1. The first kappa shape index (κ1) is 24.6. The number of rotatable bonds is 8. The Morgan fingerprint density at radius 2 is 1.71 bits per heavy atom. The molecule has 13 heteroatoms. The molecule has 0 aliphatic heterocycles. The van der Waals surface area contributed by atoms with Gasteiger partial charge in [-0.15, -0.1) is 0 Å². The van der Waals surface area contributed by atoms with Crippen LogP contribution in [0.5, 0.6) is 5.75 Å². The maximum atomic E-state index is 12.8. The van der Waals surface area contributed by atoms with Gasteiger partial charge in [0.2, 0.25) is 0 Å². The first-order valence-corrected chi connectivity index (χ1v) is 10.1. The van der Waals surface area contributed by atoms with Crippen molar-refractivity contribution in [2.45, 2.75) is 12.8 Å². The number of anilines is 1. The summed E-state index contributed by atoms with van der Waals surface area (Å²) < 4.78 is 45.0. The zero-order chi connectivity index (χ0) is 24.9. The Morgan fingerprint density at radius 1 is 1.00 bits per heavy atom. The lowest BCUT2D eigenvalue weighted by Gasteiger charge is -2.10. The predicted molar refractivity (Wildman–Crippen MR) is 121 cm³/mol. The van der Waals surface area contributed by atoms with Crippen molar-refractivity contribution in [3.05, 3.63) is 102 Å². The monoisotopic (exact) mass is 538 g/mol. The molecule has 0 atom stereocenters. The molecule has 0 fully saturated rings. The van der Waals surface area contributed by atoms with Gasteiger partial charge >= 0.3 is 6.18 Å². The summed E-state index contributed by atoms with van der Waals surface area (Å²) in [4.78, 5) is 20.5. The fourth-order valence-electron chi connectivity index (χ4n) is 2.75. The van der Waals surface area contributed by atoms with Crippen LogP contribution in [0.4, 0.5) is 30.2 Å². The number of nitrogens with zero attached hydrogens (tertiary/aromatic N) is 3. The molecule has 1 N–H and O–H groups in total. The molecule has 34 heavy (non-hydrogen) atoms. The minimum absolute atomic E-state index is 0.0522. The lowest BCUT2D eigenvalue weighted by atomic mass is 10.1. The van der Waals surface area contributed by atoms with Crippen molar-refractivity contribution in [3.63, 3.8) is 0 Å². The van der Waals surface area contributed by atoms with Crippen LogP contribution >= 0.6 is 15.9 Å². The SMILES string of the molecule is O=[N+]([O-])c1ccc(COc2ccc(Br)cc2/C=N\Nc2ccc(C(F)(F)F)cc2[N+](=O)[O-])cc1. The quantitative estimate of drug-likeness (QED) is 0.204. The molecule has 0 saturated heterocycles. The summed E-state index contributed by atoms with van der Waals surface area (Å²) in [6, 6.07) is 12.9. The molecule has 0 bridgehead atoms. The van der Waals surface area contributed by atoms with Crippen LogP contribution in [0.3, 0.4) is 0 Å². The van der Waals surface area contributed by atoms with Crippen LogP contribution in [-0.2, 0) is 12.8 Å². The van der Waals surface area contributed by atoms with Gasteiger partial charge in [-0.25, -0.2) is 0 Å². The molecule has 0 spiro atoms. The minimum atomic E-state index is -4.72. The summed E-state index contributed by atoms with van der Waals surface area (Å²) in [5, 5.41) is 25.8. The maximum absolute atomic E-state index is 12.8. The number of nitro groups is 2. The van der Waals surface area contributed by atoms with Crippen molar-refractivity contribution >= 4 is 39.2 Å². The third kappa shape index (κ3) is 6.28. The van der Waals surface area contributed by atoms with E-state index in [9.17, 15) is 33.4 Å². The van der Waals surface area contributed by atoms with Crippen molar-refractivity contribution in [1.29, 1.82) is 0 Å². The van der Waals surface area contributed by atoms with Crippen molar-refractivity contribution in [2.75, 3.05) is 5.43 Å². The van der Waals surface area contributed by atoms with E-state index in [1.165, 1.54) is 18.3 Å². The highest BCUT2D eigenvalue weighted by atomic mass is 79.9. The summed E-state index contributed by atoms with van der Waals surface area (Å²) >= 11 is 3.31. The van der Waals surface area contributed by atoms with Crippen molar-refractivity contribution < 1.29 is 27.8 Å². The van der Waals surface area contributed by atoms with E-state index in [2.05, 4.69) is 26.5 Å². The van der Waals surface area contributed by atoms with Crippen molar-refractivity contribution in [1.82, 2.24) is 0 Å². The molecule has 0 aliphatic rings. The third-order valence-electron chi connectivity index (χ3n) is 4.42. The summed E-state index contributed by atoms with van der Waals surface area (Å²) in [6.07, 6.45) is -3.43. The largest absolute Gasteiger partial charge is 0.488 e. The molecule has 0 amide bonds. The van der Waals surface area contributed by atoms with Gasteiger partial charge in [0.25, 0.3) is 11.4 Å². The van der Waals surface area contributed by atoms with Gasteiger partial charge in [0.1, 0.15) is 18.0 Å². The first-order chi connectivity index (χ1) is 16.0. The van der Waals surface area contributed by atoms with Crippen LogP contribution in [0.25, 0.3) is 0 Å². The molecule has 0 heterocycles. The fraction of sp³-hybridized carbons (Fsp3) is 0.0952. The number of nitro benzene ring substituents is 2. The van der Waals surface area contributed by atoms with Gasteiger partial charge < -0.3 is 4.74 Å². The summed E-state index contributed by atoms with van der Waals surface area (Å²) in [7, 11) is 0. The second kappa shape index (κ2) is 10.3. The maximum Gasteiger partial charge on any atom is 0.416 e. The molecule has 0 radical (unpaired) electrons. The number of ether oxygens (including phenoxy) is 1. The third-order valence-corrected chi connectivity index (χ3v) is 4.92. The van der Waals surface area contributed by atoms with Crippen LogP contribution in [0.1, 0.15) is 16.7 Å². The standard InChI is InChI=1S/C21H14BrF3N4O5/c22-16-4-8-20(34-12-13-1-5-17(6-2-13)28(30)31)14(9-16)11-26-27-18-7-3-15(21(23,24)25)10-19(18)29(32)33/h1-11,27H,12H2/b26-11-. The Morgan fingerprint density at radius 3 is 2.32 bits per heavy atom. The first-order valence-electron chi connectivity index (χ1n) is 9.35. The smallest absolute Gasteiger partial charge is 0.416 e. The molecule has 3 aromatic rings. The number of alkyl halides is 3. The summed E-state index contributed by atoms with van der Waals surface area (Å²) in [5.74, 6) is 0.383. The van der Waals surface area contributed by atoms with Crippen LogP contribution in [0, 0.1) is 20.2 Å². The molecule has 176 valence electrons. The highest BCUT2D eigenvalue weighted by Gasteiger charge is 2.33. The molecule has 0 saturated carbocycles. The summed E-state index contributed by atoms with van der Waals surface area (Å²) in [6.45, 7) is 0.0955. The van der Waals surface area contributed by atoms with Gasteiger partial charge in [-0.3, -0.25) is 25.7 Å². The molecular formula is C21H14BrF3N4O5. The van der Waals surface area contributed by atoms with Gasteiger partial charge in [0.05, 0.1) is 21.6 Å². The van der Waals surface area contributed by atoms with Gasteiger partial charge in [-0.05, 0) is 48.0 Å². The van der Waals surface area contributed by atoms with Crippen LogP contribution in [-0.4, -0.2) is 16.1 Å². The van der Waals surface area contributed by atoms with E-state index in [1.807, 2.05) is 0 Å². The lowest BCUT2D eigenvalue weighted by molar-refractivity contribution is -0.384. The zero-order valence-electron chi connectivity index (χ0n) is 17.0.